The van der Waals surface area contributed by atoms with Crippen LogP contribution in [0.25, 0.3) is 0 Å². The molecule has 0 aliphatic rings. The quantitative estimate of drug-likeness (QED) is 0.642. The predicted molar refractivity (Wildman–Crippen MR) is 39.8 cm³/mol. The van der Waals surface area contributed by atoms with Crippen molar-refractivity contribution in [1.29, 1.82) is 0 Å². The third kappa shape index (κ3) is 2.05. The molecule has 0 radical (unpaired) electrons. The lowest BCUT2D eigenvalue weighted by Crippen LogP contribution is -2.16. The third-order valence-electron chi connectivity index (χ3n) is 1.10. The summed E-state index contributed by atoms with van der Waals surface area (Å²) in [6, 6.07) is 2.85. The van der Waals surface area contributed by atoms with Crippen LogP contribution in [0.5, 0.6) is 5.88 Å². The molecule has 0 aliphatic heterocycles. The Hall–Kier alpha value is -1.91. The third-order valence-corrected chi connectivity index (χ3v) is 1.10. The van der Waals surface area contributed by atoms with Crippen LogP contribution in [0.2, 0.25) is 0 Å². The van der Waals surface area contributed by atoms with Crippen molar-refractivity contribution in [2.24, 2.45) is 5.73 Å². The van der Waals surface area contributed by atoms with Crippen LogP contribution in [0, 0.1) is 0 Å². The van der Waals surface area contributed by atoms with Crippen molar-refractivity contribution >= 4 is 12.4 Å². The Morgan fingerprint density at radius 3 is 2.75 bits per heavy atom. The van der Waals surface area contributed by atoms with Gasteiger partial charge in [0.25, 0.3) is 0 Å². The summed E-state index contributed by atoms with van der Waals surface area (Å²) < 4.78 is 4.43. The molecule has 0 aliphatic carbocycles. The van der Waals surface area contributed by atoms with Gasteiger partial charge in [-0.25, -0.2) is 9.78 Å². The second-order valence-corrected chi connectivity index (χ2v) is 1.97. The molecule has 1 aromatic rings. The van der Waals surface area contributed by atoms with E-state index in [-0.39, 0.29) is 5.88 Å². The van der Waals surface area contributed by atoms with Crippen molar-refractivity contribution in [1.82, 2.24) is 4.98 Å². The van der Waals surface area contributed by atoms with Crippen molar-refractivity contribution in [3.8, 4) is 5.88 Å². The van der Waals surface area contributed by atoms with Gasteiger partial charge < -0.3 is 10.5 Å². The molecule has 12 heavy (non-hydrogen) atoms. The number of aromatic nitrogens is 1. The van der Waals surface area contributed by atoms with Crippen molar-refractivity contribution in [2.75, 3.05) is 0 Å². The lowest BCUT2D eigenvalue weighted by Gasteiger charge is -1.97. The molecular formula is C7H6N2O3. The maximum Gasteiger partial charge on any atom is 0.411 e. The lowest BCUT2D eigenvalue weighted by atomic mass is 10.3. The van der Waals surface area contributed by atoms with Gasteiger partial charge in [-0.1, -0.05) is 0 Å². The van der Waals surface area contributed by atoms with Crippen LogP contribution in [0.15, 0.2) is 18.3 Å². The monoisotopic (exact) mass is 166 g/mol. The molecule has 0 saturated carbocycles. The fourth-order valence-corrected chi connectivity index (χ4v) is 0.625. The van der Waals surface area contributed by atoms with Gasteiger partial charge in [-0.05, 0) is 6.07 Å². The zero-order valence-corrected chi connectivity index (χ0v) is 6.06. The standard InChI is InChI=1S/C7H6N2O3/c8-7(11)12-6-2-1-5(4-10)3-9-6/h1-4H,(H2,8,11). The van der Waals surface area contributed by atoms with E-state index in [1.165, 1.54) is 18.3 Å². The fraction of sp³-hybridized carbons (Fsp3) is 0. The highest BCUT2D eigenvalue weighted by atomic mass is 16.6. The molecule has 0 unspecified atom stereocenters. The first-order valence-corrected chi connectivity index (χ1v) is 3.11. The predicted octanol–water partition coefficient (Wildman–Crippen LogP) is 0.352. The molecule has 1 heterocycles. The lowest BCUT2D eigenvalue weighted by molar-refractivity contribution is 0.112. The van der Waals surface area contributed by atoms with Crippen LogP contribution in [-0.4, -0.2) is 17.4 Å². The molecule has 1 rings (SSSR count). The van der Waals surface area contributed by atoms with Crippen LogP contribution < -0.4 is 10.5 Å². The van der Waals surface area contributed by atoms with E-state index in [0.29, 0.717) is 11.8 Å². The summed E-state index contributed by atoms with van der Waals surface area (Å²) in [5, 5.41) is 0. The second-order valence-electron chi connectivity index (χ2n) is 1.97. The van der Waals surface area contributed by atoms with E-state index in [1.54, 1.807) is 0 Å². The summed E-state index contributed by atoms with van der Waals surface area (Å²) in [6.45, 7) is 0. The molecule has 0 fully saturated rings. The number of hydrogen-bond acceptors (Lipinski definition) is 4. The Morgan fingerprint density at radius 2 is 2.33 bits per heavy atom. The summed E-state index contributed by atoms with van der Waals surface area (Å²) >= 11 is 0. The molecule has 62 valence electrons. The van der Waals surface area contributed by atoms with Crippen molar-refractivity contribution in [2.45, 2.75) is 0 Å². The summed E-state index contributed by atoms with van der Waals surface area (Å²) in [6.07, 6.45) is 0.994. The number of primary amides is 1. The molecule has 2 N–H and O–H groups in total. The average molecular weight is 166 g/mol. The molecule has 0 saturated heterocycles. The Balaban J connectivity index is 2.77. The van der Waals surface area contributed by atoms with E-state index in [0.717, 1.165) is 0 Å². The summed E-state index contributed by atoms with van der Waals surface area (Å²) in [5.41, 5.74) is 5.13. The normalized spacial score (nSPS) is 9.00. The molecule has 5 heteroatoms. The number of pyridine rings is 1. The number of carbonyl (C=O) groups excluding carboxylic acids is 2. The van der Waals surface area contributed by atoms with E-state index in [4.69, 9.17) is 5.73 Å². The maximum atomic E-state index is 10.2. The smallest absolute Gasteiger partial charge is 0.391 e. The van der Waals surface area contributed by atoms with Gasteiger partial charge in [0.1, 0.15) is 0 Å². The molecule has 1 aromatic heterocycles. The van der Waals surface area contributed by atoms with Gasteiger partial charge >= 0.3 is 6.09 Å². The zero-order chi connectivity index (χ0) is 8.97. The van der Waals surface area contributed by atoms with Gasteiger partial charge in [0, 0.05) is 17.8 Å². The highest BCUT2D eigenvalue weighted by molar-refractivity contribution is 5.74. The Bertz CT molecular complexity index is 294. The summed E-state index contributed by atoms with van der Waals surface area (Å²) in [7, 11) is 0. The number of aldehydes is 1. The molecule has 0 aromatic carbocycles. The van der Waals surface area contributed by atoms with Crippen LogP contribution in [-0.2, 0) is 0 Å². The summed E-state index contributed by atoms with van der Waals surface area (Å²) in [4.78, 5) is 24.0. The SMILES string of the molecule is NC(=O)Oc1ccc(C=O)cn1. The van der Waals surface area contributed by atoms with E-state index in [9.17, 15) is 9.59 Å². The van der Waals surface area contributed by atoms with Crippen molar-refractivity contribution < 1.29 is 14.3 Å². The first kappa shape index (κ1) is 8.19. The van der Waals surface area contributed by atoms with Crippen LogP contribution in [0.4, 0.5) is 4.79 Å². The number of rotatable bonds is 2. The van der Waals surface area contributed by atoms with Crippen LogP contribution in [0.1, 0.15) is 10.4 Å². The van der Waals surface area contributed by atoms with Gasteiger partial charge in [-0.3, -0.25) is 4.79 Å². The molecule has 1 amide bonds. The van der Waals surface area contributed by atoms with Crippen LogP contribution in [0.3, 0.4) is 0 Å². The second kappa shape index (κ2) is 3.47. The van der Waals surface area contributed by atoms with E-state index in [2.05, 4.69) is 9.72 Å². The minimum Gasteiger partial charge on any atom is -0.391 e. The Morgan fingerprint density at radius 1 is 1.58 bits per heavy atom. The number of carbonyl (C=O) groups is 2. The topological polar surface area (TPSA) is 82.3 Å². The first-order valence-electron chi connectivity index (χ1n) is 3.11. The van der Waals surface area contributed by atoms with Gasteiger partial charge in [0.2, 0.25) is 5.88 Å². The number of hydrogen-bond donors (Lipinski definition) is 1. The van der Waals surface area contributed by atoms with Crippen molar-refractivity contribution in [3.63, 3.8) is 0 Å². The number of amides is 1. The Kier molecular flexibility index (Phi) is 2.37. The number of nitrogens with two attached hydrogens (primary N) is 1. The molecule has 5 nitrogen and oxygen atoms in total. The van der Waals surface area contributed by atoms with E-state index in [1.807, 2.05) is 0 Å². The van der Waals surface area contributed by atoms with Gasteiger partial charge in [0.05, 0.1) is 0 Å². The van der Waals surface area contributed by atoms with E-state index >= 15 is 0 Å². The zero-order valence-electron chi connectivity index (χ0n) is 6.06. The van der Waals surface area contributed by atoms with Gasteiger partial charge in [0.15, 0.2) is 6.29 Å². The van der Waals surface area contributed by atoms with E-state index < -0.39 is 6.09 Å². The highest BCUT2D eigenvalue weighted by Crippen LogP contribution is 2.05. The molecule has 0 spiro atoms. The summed E-state index contributed by atoms with van der Waals surface area (Å²) in [5.74, 6) is 0.0769. The minimum absolute atomic E-state index is 0.0769. The molecular weight excluding hydrogens is 160 g/mol. The van der Waals surface area contributed by atoms with Crippen molar-refractivity contribution in [3.05, 3.63) is 23.9 Å². The highest BCUT2D eigenvalue weighted by Gasteiger charge is 1.98. The van der Waals surface area contributed by atoms with Crippen LogP contribution >= 0.6 is 0 Å². The minimum atomic E-state index is -0.929. The first-order chi connectivity index (χ1) is 5.72. The molecule has 0 atom stereocenters. The maximum absolute atomic E-state index is 10.2. The fourth-order valence-electron chi connectivity index (χ4n) is 0.625. The number of ether oxygens (including phenoxy) is 1. The number of nitrogens with zero attached hydrogens (tertiary/aromatic N) is 1. The van der Waals surface area contributed by atoms with Gasteiger partial charge in [-0.15, -0.1) is 0 Å². The Labute approximate surface area is 68.2 Å². The van der Waals surface area contributed by atoms with Gasteiger partial charge in [-0.2, -0.15) is 0 Å². The molecule has 0 bridgehead atoms. The average Bonchev–Trinajstić information content (AvgIpc) is 2.05. The largest absolute Gasteiger partial charge is 0.411 e.